The molecule has 1 aliphatic heterocycles. The molecule has 1 aliphatic rings. The number of nitro groups is 1. The molecular formula is C13H18N4O3. The number of amides is 1. The van der Waals surface area contributed by atoms with Crippen LogP contribution < -0.4 is 0 Å². The van der Waals surface area contributed by atoms with Gasteiger partial charge >= 0.3 is 0 Å². The van der Waals surface area contributed by atoms with E-state index in [0.717, 1.165) is 19.3 Å². The first-order chi connectivity index (χ1) is 9.40. The molecule has 1 saturated heterocycles. The van der Waals surface area contributed by atoms with Crippen molar-refractivity contribution in [2.45, 2.75) is 25.9 Å². The summed E-state index contributed by atoms with van der Waals surface area (Å²) in [5.74, 6) is -0.173. The van der Waals surface area contributed by atoms with Gasteiger partial charge in [0.05, 0.1) is 4.92 Å². The molecule has 7 heteroatoms. The first-order valence-electron chi connectivity index (χ1n) is 6.51. The molecule has 7 nitrogen and oxygen atoms in total. The van der Waals surface area contributed by atoms with Gasteiger partial charge in [-0.05, 0) is 27.0 Å². The molecule has 2 heterocycles. The van der Waals surface area contributed by atoms with Crippen LogP contribution in [0.3, 0.4) is 0 Å². The van der Waals surface area contributed by atoms with Crippen LogP contribution in [0, 0.1) is 10.1 Å². The van der Waals surface area contributed by atoms with Crippen LogP contribution in [0.1, 0.15) is 24.3 Å². The molecule has 1 aromatic heterocycles. The summed E-state index contributed by atoms with van der Waals surface area (Å²) in [5.41, 5.74) is 0.139. The first-order valence-corrected chi connectivity index (χ1v) is 6.51. The van der Waals surface area contributed by atoms with Gasteiger partial charge in [-0.25, -0.2) is 4.98 Å². The molecule has 1 amide bonds. The van der Waals surface area contributed by atoms with Gasteiger partial charge in [0, 0.05) is 31.2 Å². The molecule has 1 aromatic rings. The van der Waals surface area contributed by atoms with E-state index >= 15 is 0 Å². The monoisotopic (exact) mass is 278 g/mol. The minimum atomic E-state index is -0.525. The Hall–Kier alpha value is -2.02. The number of aromatic nitrogens is 1. The molecule has 0 saturated carbocycles. The maximum absolute atomic E-state index is 12.5. The van der Waals surface area contributed by atoms with Crippen molar-refractivity contribution in [1.29, 1.82) is 0 Å². The van der Waals surface area contributed by atoms with Gasteiger partial charge in [0.25, 0.3) is 11.6 Å². The molecule has 20 heavy (non-hydrogen) atoms. The van der Waals surface area contributed by atoms with E-state index in [1.165, 1.54) is 12.1 Å². The van der Waals surface area contributed by atoms with Gasteiger partial charge in [-0.3, -0.25) is 14.9 Å². The maximum Gasteiger partial charge on any atom is 0.287 e. The fourth-order valence-electron chi connectivity index (χ4n) is 2.74. The third-order valence-electron chi connectivity index (χ3n) is 3.51. The van der Waals surface area contributed by atoms with Gasteiger partial charge in [-0.15, -0.1) is 0 Å². The zero-order valence-corrected chi connectivity index (χ0v) is 11.8. The Balaban J connectivity index is 2.20. The van der Waals surface area contributed by atoms with Crippen molar-refractivity contribution in [1.82, 2.24) is 14.8 Å². The minimum absolute atomic E-state index is 0.0910. The number of likely N-dealkylation sites (N-methyl/N-ethyl adjacent to an activating group) is 1. The van der Waals surface area contributed by atoms with Crippen molar-refractivity contribution in [3.8, 4) is 0 Å². The van der Waals surface area contributed by atoms with E-state index < -0.39 is 4.92 Å². The van der Waals surface area contributed by atoms with Crippen LogP contribution in [0.4, 0.5) is 5.69 Å². The Morgan fingerprint density at radius 3 is 2.40 bits per heavy atom. The molecule has 0 radical (unpaired) electrons. The summed E-state index contributed by atoms with van der Waals surface area (Å²) in [4.78, 5) is 30.4. The van der Waals surface area contributed by atoms with Gasteiger partial charge in [-0.2, -0.15) is 0 Å². The Kier molecular flexibility index (Phi) is 3.99. The van der Waals surface area contributed by atoms with Crippen molar-refractivity contribution in [2.75, 3.05) is 20.1 Å². The number of hydrogen-bond donors (Lipinski definition) is 0. The second kappa shape index (κ2) is 5.54. The molecule has 0 spiro atoms. The highest BCUT2D eigenvalue weighted by molar-refractivity contribution is 5.93. The van der Waals surface area contributed by atoms with Crippen LogP contribution in [0.25, 0.3) is 0 Å². The summed E-state index contributed by atoms with van der Waals surface area (Å²) in [6, 6.07) is 2.91. The van der Waals surface area contributed by atoms with Crippen LogP contribution in [0.5, 0.6) is 0 Å². The lowest BCUT2D eigenvalue weighted by Crippen LogP contribution is -2.57. The summed E-state index contributed by atoms with van der Waals surface area (Å²) < 4.78 is 0. The quantitative estimate of drug-likeness (QED) is 0.599. The number of carbonyl (C=O) groups is 1. The van der Waals surface area contributed by atoms with E-state index in [-0.39, 0.29) is 29.4 Å². The van der Waals surface area contributed by atoms with Crippen LogP contribution in [-0.4, -0.2) is 57.8 Å². The summed E-state index contributed by atoms with van der Waals surface area (Å²) >= 11 is 0. The number of rotatable bonds is 2. The second-order valence-corrected chi connectivity index (χ2v) is 5.29. The number of piperazine rings is 1. The molecule has 0 aromatic carbocycles. The highest BCUT2D eigenvalue weighted by atomic mass is 16.6. The first kappa shape index (κ1) is 14.4. The van der Waals surface area contributed by atoms with Crippen molar-refractivity contribution in [3.05, 3.63) is 34.1 Å². The molecule has 108 valence electrons. The minimum Gasteiger partial charge on any atom is -0.329 e. The third-order valence-corrected chi connectivity index (χ3v) is 3.51. The molecular weight excluding hydrogens is 260 g/mol. The number of pyridine rings is 1. The van der Waals surface area contributed by atoms with Crippen LogP contribution in [-0.2, 0) is 0 Å². The molecule has 0 bridgehead atoms. The molecule has 2 atom stereocenters. The summed E-state index contributed by atoms with van der Waals surface area (Å²) in [6.07, 6.45) is 1.12. The number of hydrogen-bond acceptors (Lipinski definition) is 5. The SMILES string of the molecule is CC1CN(C)CC(C)N1C(=O)c1ccc([N+](=O)[O-])cn1. The molecule has 2 unspecified atom stereocenters. The van der Waals surface area contributed by atoms with Gasteiger partial charge in [0.2, 0.25) is 0 Å². The zero-order valence-electron chi connectivity index (χ0n) is 11.8. The lowest BCUT2D eigenvalue weighted by Gasteiger charge is -2.43. The normalized spacial score (nSPS) is 23.6. The lowest BCUT2D eigenvalue weighted by atomic mass is 10.1. The topological polar surface area (TPSA) is 79.6 Å². The van der Waals surface area contributed by atoms with Crippen LogP contribution in [0.15, 0.2) is 18.3 Å². The van der Waals surface area contributed by atoms with Gasteiger partial charge in [0.1, 0.15) is 11.9 Å². The van der Waals surface area contributed by atoms with E-state index in [0.29, 0.717) is 0 Å². The zero-order chi connectivity index (χ0) is 14.9. The molecule has 0 aliphatic carbocycles. The average Bonchev–Trinajstić information content (AvgIpc) is 2.37. The van der Waals surface area contributed by atoms with E-state index in [1.54, 1.807) is 4.90 Å². The van der Waals surface area contributed by atoms with Crippen molar-refractivity contribution in [3.63, 3.8) is 0 Å². The van der Waals surface area contributed by atoms with E-state index in [2.05, 4.69) is 9.88 Å². The fraction of sp³-hybridized carbons (Fsp3) is 0.538. The van der Waals surface area contributed by atoms with E-state index in [9.17, 15) is 14.9 Å². The maximum atomic E-state index is 12.5. The summed E-state index contributed by atoms with van der Waals surface area (Å²) in [6.45, 7) is 5.61. The fourth-order valence-corrected chi connectivity index (χ4v) is 2.74. The molecule has 2 rings (SSSR count). The van der Waals surface area contributed by atoms with Gasteiger partial charge in [0.15, 0.2) is 0 Å². The smallest absolute Gasteiger partial charge is 0.287 e. The predicted molar refractivity (Wildman–Crippen MR) is 73.5 cm³/mol. The highest BCUT2D eigenvalue weighted by Crippen LogP contribution is 2.18. The lowest BCUT2D eigenvalue weighted by molar-refractivity contribution is -0.385. The highest BCUT2D eigenvalue weighted by Gasteiger charge is 2.32. The van der Waals surface area contributed by atoms with E-state index in [1.807, 2.05) is 20.9 Å². The van der Waals surface area contributed by atoms with E-state index in [4.69, 9.17) is 0 Å². The average molecular weight is 278 g/mol. The van der Waals surface area contributed by atoms with Crippen molar-refractivity contribution < 1.29 is 9.72 Å². The summed E-state index contributed by atoms with van der Waals surface area (Å²) in [7, 11) is 2.03. The van der Waals surface area contributed by atoms with Crippen molar-refractivity contribution >= 4 is 11.6 Å². The Bertz CT molecular complexity index is 505. The van der Waals surface area contributed by atoms with Gasteiger partial charge in [-0.1, -0.05) is 0 Å². The Morgan fingerprint density at radius 1 is 1.35 bits per heavy atom. The largest absolute Gasteiger partial charge is 0.329 e. The van der Waals surface area contributed by atoms with Crippen LogP contribution >= 0.6 is 0 Å². The second-order valence-electron chi connectivity index (χ2n) is 5.29. The van der Waals surface area contributed by atoms with Crippen molar-refractivity contribution in [2.24, 2.45) is 0 Å². The number of nitrogens with zero attached hydrogens (tertiary/aromatic N) is 4. The molecule has 0 N–H and O–H groups in total. The predicted octanol–water partition coefficient (Wildman–Crippen LogP) is 1.15. The number of carbonyl (C=O) groups excluding carboxylic acids is 1. The van der Waals surface area contributed by atoms with Crippen LogP contribution in [0.2, 0.25) is 0 Å². The Morgan fingerprint density at radius 2 is 1.95 bits per heavy atom. The molecule has 1 fully saturated rings. The summed E-state index contributed by atoms with van der Waals surface area (Å²) in [5, 5.41) is 10.6. The third kappa shape index (κ3) is 2.77. The Labute approximate surface area is 117 Å². The van der Waals surface area contributed by atoms with Gasteiger partial charge < -0.3 is 9.80 Å². The standard InChI is InChI=1S/C13H18N4O3/c1-9-7-15(3)8-10(2)16(9)13(18)12-5-4-11(6-14-12)17(19)20/h4-6,9-10H,7-8H2,1-3H3.